The van der Waals surface area contributed by atoms with Crippen LogP contribution in [0.4, 0.5) is 0 Å². The van der Waals surface area contributed by atoms with Gasteiger partial charge in [-0.2, -0.15) is 0 Å². The Balaban J connectivity index is 1.64. The zero-order valence-electron chi connectivity index (χ0n) is 15.2. The lowest BCUT2D eigenvalue weighted by molar-refractivity contribution is -0.255. The molecule has 7 heteroatoms. The lowest BCUT2D eigenvalue weighted by atomic mass is 9.90. The molecule has 3 fully saturated rings. The van der Waals surface area contributed by atoms with Crippen LogP contribution in [-0.4, -0.2) is 53.9 Å². The number of esters is 2. The molecule has 0 spiro atoms. The number of ether oxygens (including phenoxy) is 4. The van der Waals surface area contributed by atoms with Crippen molar-refractivity contribution in [1.29, 1.82) is 0 Å². The second-order valence-electron chi connectivity index (χ2n) is 7.93. The van der Waals surface area contributed by atoms with Crippen LogP contribution in [0.3, 0.4) is 0 Å². The van der Waals surface area contributed by atoms with Crippen molar-refractivity contribution in [2.24, 2.45) is 5.41 Å². The number of carbonyl (C=O) groups excluding carboxylic acids is 2. The van der Waals surface area contributed by atoms with Crippen LogP contribution < -0.4 is 0 Å². The minimum absolute atomic E-state index is 0.205. The first-order valence-electron chi connectivity index (χ1n) is 9.19. The smallest absolute Gasteiger partial charge is 0.350 e. The molecule has 1 aliphatic carbocycles. The highest BCUT2D eigenvalue weighted by atomic mass is 16.7. The number of hydrogen-bond donors (Lipinski definition) is 1. The number of fused-ring (bicyclic) bond motifs is 1. The molecule has 0 aromatic heterocycles. The van der Waals surface area contributed by atoms with Crippen molar-refractivity contribution in [3.63, 3.8) is 0 Å². The van der Waals surface area contributed by atoms with Gasteiger partial charge < -0.3 is 24.1 Å². The number of carbonyl (C=O) groups is 2. The summed E-state index contributed by atoms with van der Waals surface area (Å²) >= 11 is 0. The highest BCUT2D eigenvalue weighted by Crippen LogP contribution is 2.37. The fourth-order valence-corrected chi connectivity index (χ4v) is 3.48. The molecule has 3 aliphatic rings. The van der Waals surface area contributed by atoms with Gasteiger partial charge in [-0.1, -0.05) is 13.3 Å². The average Bonchev–Trinajstić information content (AvgIpc) is 3.08. The monoisotopic (exact) mass is 356 g/mol. The van der Waals surface area contributed by atoms with Crippen LogP contribution in [0.1, 0.15) is 59.3 Å². The Bertz CT molecular complexity index is 524. The molecule has 142 valence electrons. The van der Waals surface area contributed by atoms with E-state index >= 15 is 0 Å². The maximum Gasteiger partial charge on any atom is 0.350 e. The molecule has 0 amide bonds. The van der Waals surface area contributed by atoms with Crippen molar-refractivity contribution in [3.8, 4) is 0 Å². The molecule has 0 aromatic carbocycles. The van der Waals surface area contributed by atoms with Crippen LogP contribution in [0.15, 0.2) is 0 Å². The van der Waals surface area contributed by atoms with E-state index in [-0.39, 0.29) is 6.61 Å². The molecular weight excluding hydrogens is 328 g/mol. The topological polar surface area (TPSA) is 91.3 Å². The molecule has 1 saturated carbocycles. The molecule has 2 heterocycles. The fraction of sp³-hybridized carbons (Fsp3) is 0.889. The van der Waals surface area contributed by atoms with Gasteiger partial charge in [-0.3, -0.25) is 4.79 Å². The Morgan fingerprint density at radius 1 is 1.28 bits per heavy atom. The van der Waals surface area contributed by atoms with Gasteiger partial charge in [0, 0.05) is 12.8 Å². The summed E-state index contributed by atoms with van der Waals surface area (Å²) < 4.78 is 22.3. The minimum atomic E-state index is -1.19. The highest BCUT2D eigenvalue weighted by molar-refractivity contribution is 5.84. The van der Waals surface area contributed by atoms with Gasteiger partial charge in [0.05, 0.1) is 12.0 Å². The first kappa shape index (κ1) is 18.6. The summed E-state index contributed by atoms with van der Waals surface area (Å²) in [6, 6.07) is 0. The summed E-state index contributed by atoms with van der Waals surface area (Å²) in [6.45, 7) is 5.63. The fourth-order valence-electron chi connectivity index (χ4n) is 3.48. The predicted octanol–water partition coefficient (Wildman–Crippen LogP) is 1.70. The highest BCUT2D eigenvalue weighted by Gasteiger charge is 2.57. The molecule has 2 aliphatic heterocycles. The van der Waals surface area contributed by atoms with Crippen LogP contribution in [0.2, 0.25) is 0 Å². The molecule has 0 radical (unpaired) electrons. The van der Waals surface area contributed by atoms with Gasteiger partial charge in [-0.15, -0.1) is 0 Å². The summed E-state index contributed by atoms with van der Waals surface area (Å²) in [6.07, 6.45) is 1.69. The molecule has 1 N–H and O–H groups in total. The van der Waals surface area contributed by atoms with Crippen LogP contribution in [0.25, 0.3) is 0 Å². The normalized spacial score (nSPS) is 34.5. The summed E-state index contributed by atoms with van der Waals surface area (Å²) in [5, 5.41) is 10.6. The second kappa shape index (κ2) is 6.85. The van der Waals surface area contributed by atoms with E-state index < -0.39 is 47.6 Å². The third kappa shape index (κ3) is 3.68. The van der Waals surface area contributed by atoms with Crippen molar-refractivity contribution >= 4 is 11.9 Å². The van der Waals surface area contributed by atoms with E-state index in [2.05, 4.69) is 0 Å². The van der Waals surface area contributed by atoms with Crippen molar-refractivity contribution in [1.82, 2.24) is 0 Å². The summed E-state index contributed by atoms with van der Waals surface area (Å²) in [7, 11) is 0. The molecule has 3 rings (SSSR count). The van der Waals surface area contributed by atoms with Gasteiger partial charge >= 0.3 is 11.9 Å². The Kier molecular flexibility index (Phi) is 5.10. The Morgan fingerprint density at radius 2 is 1.96 bits per heavy atom. The van der Waals surface area contributed by atoms with Gasteiger partial charge in [0.1, 0.15) is 12.2 Å². The average molecular weight is 356 g/mol. The number of hydrogen-bond acceptors (Lipinski definition) is 7. The molecule has 4 atom stereocenters. The van der Waals surface area contributed by atoms with Crippen molar-refractivity contribution in [2.75, 3.05) is 6.61 Å². The Labute approximate surface area is 147 Å². The predicted molar refractivity (Wildman–Crippen MR) is 86.5 cm³/mol. The van der Waals surface area contributed by atoms with E-state index in [9.17, 15) is 14.7 Å². The van der Waals surface area contributed by atoms with Crippen LogP contribution in [0, 0.1) is 5.41 Å². The van der Waals surface area contributed by atoms with Gasteiger partial charge in [0.2, 0.25) is 6.10 Å². The summed E-state index contributed by atoms with van der Waals surface area (Å²) in [5.74, 6) is -2.25. The van der Waals surface area contributed by atoms with E-state index in [0.29, 0.717) is 19.3 Å². The standard InChI is InChI=1S/C18H28O7/c1-4-17(2,3)16(20)24-14-13-12(23-15(14)19)11(10-22-13)25-18(21)8-6-5-7-9-18/h11-14,21H,4-10H2,1-3H3/t11-,12?,13?,14?/m0/s1. The van der Waals surface area contributed by atoms with Crippen LogP contribution in [0.5, 0.6) is 0 Å². The zero-order chi connectivity index (χ0) is 18.2. The molecule has 0 aromatic rings. The van der Waals surface area contributed by atoms with E-state index in [1.165, 1.54) is 0 Å². The third-order valence-corrected chi connectivity index (χ3v) is 5.60. The maximum atomic E-state index is 12.3. The van der Waals surface area contributed by atoms with Gasteiger partial charge in [-0.05, 0) is 33.1 Å². The number of rotatable bonds is 5. The minimum Gasteiger partial charge on any atom is -0.454 e. The number of aliphatic hydroxyl groups is 1. The quantitative estimate of drug-likeness (QED) is 0.592. The second-order valence-corrected chi connectivity index (χ2v) is 7.93. The lowest BCUT2D eigenvalue weighted by Gasteiger charge is -2.35. The largest absolute Gasteiger partial charge is 0.454 e. The first-order valence-corrected chi connectivity index (χ1v) is 9.19. The zero-order valence-corrected chi connectivity index (χ0v) is 15.2. The van der Waals surface area contributed by atoms with Crippen LogP contribution in [-0.2, 0) is 28.5 Å². The molecular formula is C18H28O7. The summed E-state index contributed by atoms with van der Waals surface area (Å²) in [5.41, 5.74) is -0.676. The first-order chi connectivity index (χ1) is 11.8. The molecule has 25 heavy (non-hydrogen) atoms. The molecule has 3 unspecified atom stereocenters. The van der Waals surface area contributed by atoms with Crippen LogP contribution >= 0.6 is 0 Å². The molecule has 0 bridgehead atoms. The van der Waals surface area contributed by atoms with E-state index in [4.69, 9.17) is 18.9 Å². The van der Waals surface area contributed by atoms with Crippen molar-refractivity contribution in [3.05, 3.63) is 0 Å². The lowest BCUT2D eigenvalue weighted by Crippen LogP contribution is -2.43. The van der Waals surface area contributed by atoms with E-state index in [0.717, 1.165) is 19.3 Å². The van der Waals surface area contributed by atoms with Gasteiger partial charge in [0.15, 0.2) is 11.9 Å². The molecule has 7 nitrogen and oxygen atoms in total. The Morgan fingerprint density at radius 3 is 2.60 bits per heavy atom. The van der Waals surface area contributed by atoms with Crippen molar-refractivity contribution < 1.29 is 33.6 Å². The third-order valence-electron chi connectivity index (χ3n) is 5.60. The van der Waals surface area contributed by atoms with Gasteiger partial charge in [0.25, 0.3) is 0 Å². The molecule has 2 saturated heterocycles. The van der Waals surface area contributed by atoms with E-state index in [1.807, 2.05) is 6.92 Å². The van der Waals surface area contributed by atoms with E-state index in [1.54, 1.807) is 13.8 Å². The maximum absolute atomic E-state index is 12.3. The summed E-state index contributed by atoms with van der Waals surface area (Å²) in [4.78, 5) is 24.4. The van der Waals surface area contributed by atoms with Crippen molar-refractivity contribution in [2.45, 2.75) is 89.5 Å². The Hall–Kier alpha value is -1.18. The SMILES string of the molecule is CCC(C)(C)C(=O)OC1C(=O)OC2C1OC[C@@H]2OC1(O)CCCCC1. The van der Waals surface area contributed by atoms with Gasteiger partial charge in [-0.25, -0.2) is 4.79 Å².